The van der Waals surface area contributed by atoms with Crippen LogP contribution in [0.15, 0.2) is 0 Å². The van der Waals surface area contributed by atoms with Crippen molar-refractivity contribution in [1.82, 2.24) is 5.32 Å². The van der Waals surface area contributed by atoms with Crippen LogP contribution in [0, 0.1) is 11.8 Å². The second kappa shape index (κ2) is 7.39. The predicted molar refractivity (Wildman–Crippen MR) is 70.0 cm³/mol. The minimum absolute atomic E-state index is 0.00749. The first kappa shape index (κ1) is 15.0. The van der Waals surface area contributed by atoms with Gasteiger partial charge in [0.15, 0.2) is 0 Å². The Bertz CT molecular complexity index is 285. The molecule has 0 aromatic rings. The zero-order valence-electron chi connectivity index (χ0n) is 11.7. The Morgan fingerprint density at radius 2 is 2.00 bits per heavy atom. The van der Waals surface area contributed by atoms with Crippen molar-refractivity contribution in [2.45, 2.75) is 58.9 Å². The van der Waals surface area contributed by atoms with Crippen molar-refractivity contribution in [2.24, 2.45) is 11.8 Å². The number of carbonyl (C=O) groups excluding carboxylic acids is 2. The average Bonchev–Trinajstić information content (AvgIpc) is 3.11. The summed E-state index contributed by atoms with van der Waals surface area (Å²) in [6.45, 7) is 6.57. The number of esters is 1. The van der Waals surface area contributed by atoms with E-state index in [4.69, 9.17) is 4.74 Å². The van der Waals surface area contributed by atoms with Crippen molar-refractivity contribution >= 4 is 11.9 Å². The lowest BCUT2D eigenvalue weighted by atomic mass is 10.0. The summed E-state index contributed by atoms with van der Waals surface area (Å²) in [4.78, 5) is 23.6. The summed E-state index contributed by atoms with van der Waals surface area (Å²) >= 11 is 0. The summed E-state index contributed by atoms with van der Waals surface area (Å²) in [5.41, 5.74) is 0. The molecule has 0 aliphatic heterocycles. The molecule has 0 heterocycles. The minimum Gasteiger partial charge on any atom is -0.464 e. The molecule has 1 aliphatic rings. The fraction of sp³-hybridized carbons (Fsp3) is 0.857. The maximum absolute atomic E-state index is 11.9. The summed E-state index contributed by atoms with van der Waals surface area (Å²) in [5.74, 6) is 0.204. The Labute approximate surface area is 109 Å². The largest absolute Gasteiger partial charge is 0.464 e. The van der Waals surface area contributed by atoms with Gasteiger partial charge in [0, 0.05) is 5.92 Å². The first-order valence-corrected chi connectivity index (χ1v) is 7.01. The first-order chi connectivity index (χ1) is 8.54. The lowest BCUT2D eigenvalue weighted by molar-refractivity contribution is -0.148. The highest BCUT2D eigenvalue weighted by Crippen LogP contribution is 2.29. The van der Waals surface area contributed by atoms with Crippen LogP contribution in [0.5, 0.6) is 0 Å². The van der Waals surface area contributed by atoms with E-state index in [1.165, 1.54) is 0 Å². The number of ether oxygens (including phenoxy) is 1. The molecule has 1 saturated carbocycles. The topological polar surface area (TPSA) is 55.4 Å². The van der Waals surface area contributed by atoms with Crippen LogP contribution in [0.25, 0.3) is 0 Å². The van der Waals surface area contributed by atoms with Gasteiger partial charge in [-0.1, -0.05) is 27.2 Å². The van der Waals surface area contributed by atoms with Gasteiger partial charge in [-0.25, -0.2) is 4.79 Å². The number of rotatable bonds is 8. The van der Waals surface area contributed by atoms with E-state index in [1.54, 1.807) is 0 Å². The van der Waals surface area contributed by atoms with Gasteiger partial charge in [-0.05, 0) is 31.6 Å². The molecular formula is C14H25NO3. The Balaban J connectivity index is 2.42. The van der Waals surface area contributed by atoms with E-state index in [1.807, 2.05) is 20.8 Å². The van der Waals surface area contributed by atoms with Crippen LogP contribution >= 0.6 is 0 Å². The normalized spacial score (nSPS) is 16.4. The Kier molecular flexibility index (Phi) is 6.16. The molecule has 0 bridgehead atoms. The van der Waals surface area contributed by atoms with Crippen LogP contribution in [0.1, 0.15) is 52.9 Å². The summed E-state index contributed by atoms with van der Waals surface area (Å²) in [6.07, 6.45) is 4.41. The molecule has 0 spiro atoms. The molecule has 0 radical (unpaired) electrons. The summed E-state index contributed by atoms with van der Waals surface area (Å²) in [5, 5.41) is 2.82. The Morgan fingerprint density at radius 1 is 1.33 bits per heavy atom. The Hall–Kier alpha value is -1.06. The highest BCUT2D eigenvalue weighted by molar-refractivity contribution is 5.86. The van der Waals surface area contributed by atoms with Crippen molar-refractivity contribution in [2.75, 3.05) is 6.61 Å². The molecule has 104 valence electrons. The van der Waals surface area contributed by atoms with E-state index >= 15 is 0 Å². The number of hydrogen-bond acceptors (Lipinski definition) is 3. The lowest BCUT2D eigenvalue weighted by Crippen LogP contribution is -2.43. The van der Waals surface area contributed by atoms with Gasteiger partial charge in [0.25, 0.3) is 0 Å². The van der Waals surface area contributed by atoms with Gasteiger partial charge in [0.2, 0.25) is 5.91 Å². The maximum atomic E-state index is 11.9. The van der Waals surface area contributed by atoms with Gasteiger partial charge >= 0.3 is 5.97 Å². The van der Waals surface area contributed by atoms with Crippen molar-refractivity contribution < 1.29 is 14.3 Å². The zero-order chi connectivity index (χ0) is 13.5. The molecule has 1 amide bonds. The van der Waals surface area contributed by atoms with Gasteiger partial charge in [-0.2, -0.15) is 0 Å². The van der Waals surface area contributed by atoms with Crippen LogP contribution in [0.4, 0.5) is 0 Å². The van der Waals surface area contributed by atoms with E-state index < -0.39 is 6.04 Å². The summed E-state index contributed by atoms with van der Waals surface area (Å²) in [7, 11) is 0. The van der Waals surface area contributed by atoms with E-state index in [0.29, 0.717) is 18.9 Å². The molecule has 4 heteroatoms. The van der Waals surface area contributed by atoms with Gasteiger partial charge in [0.05, 0.1) is 6.61 Å². The molecular weight excluding hydrogens is 230 g/mol. The molecule has 1 fully saturated rings. The molecule has 0 saturated heterocycles. The minimum atomic E-state index is -0.477. The van der Waals surface area contributed by atoms with Crippen LogP contribution in [0.3, 0.4) is 0 Å². The van der Waals surface area contributed by atoms with Gasteiger partial charge in [-0.3, -0.25) is 4.79 Å². The molecule has 1 atom stereocenters. The van der Waals surface area contributed by atoms with E-state index in [-0.39, 0.29) is 17.8 Å². The van der Waals surface area contributed by atoms with Crippen molar-refractivity contribution in [3.63, 3.8) is 0 Å². The summed E-state index contributed by atoms with van der Waals surface area (Å²) < 4.78 is 5.19. The lowest BCUT2D eigenvalue weighted by Gasteiger charge is -2.19. The standard InChI is InChI=1S/C14H25NO3/c1-4-5-8-18-14(17)12(9-10(2)3)15-13(16)11-6-7-11/h10-12H,4-9H2,1-3H3,(H,15,16). The molecule has 0 aromatic carbocycles. The molecule has 1 unspecified atom stereocenters. The number of unbranched alkanes of at least 4 members (excludes halogenated alkanes) is 1. The number of amides is 1. The molecule has 1 aliphatic carbocycles. The third-order valence-corrected chi connectivity index (χ3v) is 3.00. The molecule has 4 nitrogen and oxygen atoms in total. The number of hydrogen-bond donors (Lipinski definition) is 1. The summed E-state index contributed by atoms with van der Waals surface area (Å²) in [6, 6.07) is -0.477. The van der Waals surface area contributed by atoms with Gasteiger partial charge in [0.1, 0.15) is 6.04 Å². The fourth-order valence-electron chi connectivity index (χ4n) is 1.74. The zero-order valence-corrected chi connectivity index (χ0v) is 11.7. The van der Waals surface area contributed by atoms with Crippen LogP contribution < -0.4 is 5.32 Å². The highest BCUT2D eigenvalue weighted by atomic mass is 16.5. The fourth-order valence-corrected chi connectivity index (χ4v) is 1.74. The molecule has 1 N–H and O–H groups in total. The van der Waals surface area contributed by atoms with E-state index in [2.05, 4.69) is 5.32 Å². The maximum Gasteiger partial charge on any atom is 0.328 e. The SMILES string of the molecule is CCCCOC(=O)C(CC(C)C)NC(=O)C1CC1. The third kappa shape index (κ3) is 5.52. The number of carbonyl (C=O) groups is 2. The third-order valence-electron chi connectivity index (χ3n) is 3.00. The quantitative estimate of drug-likeness (QED) is 0.534. The van der Waals surface area contributed by atoms with Crippen molar-refractivity contribution in [3.05, 3.63) is 0 Å². The predicted octanol–water partition coefficient (Wildman–Crippen LogP) is 2.27. The first-order valence-electron chi connectivity index (χ1n) is 7.01. The second-order valence-electron chi connectivity index (χ2n) is 5.49. The van der Waals surface area contributed by atoms with Crippen LogP contribution in [-0.2, 0) is 14.3 Å². The van der Waals surface area contributed by atoms with Crippen LogP contribution in [-0.4, -0.2) is 24.5 Å². The van der Waals surface area contributed by atoms with Crippen molar-refractivity contribution in [1.29, 1.82) is 0 Å². The Morgan fingerprint density at radius 3 is 2.50 bits per heavy atom. The van der Waals surface area contributed by atoms with Crippen LogP contribution in [0.2, 0.25) is 0 Å². The van der Waals surface area contributed by atoms with Gasteiger partial charge in [-0.15, -0.1) is 0 Å². The molecule has 1 rings (SSSR count). The number of nitrogens with one attached hydrogen (secondary N) is 1. The highest BCUT2D eigenvalue weighted by Gasteiger charge is 2.33. The van der Waals surface area contributed by atoms with E-state index in [0.717, 1.165) is 25.7 Å². The monoisotopic (exact) mass is 255 g/mol. The average molecular weight is 255 g/mol. The molecule has 18 heavy (non-hydrogen) atoms. The smallest absolute Gasteiger partial charge is 0.328 e. The second-order valence-corrected chi connectivity index (χ2v) is 5.49. The van der Waals surface area contributed by atoms with Crippen molar-refractivity contribution in [3.8, 4) is 0 Å². The molecule has 0 aromatic heterocycles. The van der Waals surface area contributed by atoms with Gasteiger partial charge < -0.3 is 10.1 Å². The van der Waals surface area contributed by atoms with E-state index in [9.17, 15) is 9.59 Å².